The van der Waals surface area contributed by atoms with Crippen molar-refractivity contribution >= 4 is 45.6 Å². The topological polar surface area (TPSA) is 91.3 Å². The van der Waals surface area contributed by atoms with Crippen LogP contribution < -0.4 is 10.6 Å². The second-order valence-corrected chi connectivity index (χ2v) is 6.89. The highest BCUT2D eigenvalue weighted by atomic mass is 35.5. The Morgan fingerprint density at radius 1 is 1.33 bits per heavy atom. The molecule has 0 radical (unpaired) electrons. The molecule has 11 heteroatoms. The number of benzene rings is 1. The summed E-state index contributed by atoms with van der Waals surface area (Å²) in [6.07, 6.45) is -6.35. The van der Waals surface area contributed by atoms with Crippen molar-refractivity contribution in [1.29, 1.82) is 0 Å². The normalized spacial score (nSPS) is 12.5. The molecule has 1 aromatic heterocycles. The Hall–Kier alpha value is -2.33. The van der Waals surface area contributed by atoms with Gasteiger partial charge in [0.2, 0.25) is 11.8 Å². The average molecular weight is 422 g/mol. The lowest BCUT2D eigenvalue weighted by Crippen LogP contribution is -2.22. The third kappa shape index (κ3) is 5.57. The van der Waals surface area contributed by atoms with Crippen molar-refractivity contribution in [3.05, 3.63) is 34.5 Å². The molecule has 2 rings (SSSR count). The van der Waals surface area contributed by atoms with Crippen molar-refractivity contribution in [3.8, 4) is 5.75 Å². The number of hydrogen-bond acceptors (Lipinski definition) is 5. The quantitative estimate of drug-likeness (QED) is 0.622. The standard InChI is InChI=1S/C16H15ClF3N3O3S/c1-7(14(26)22-15-13(17)8(2)23-27-15)9-3-4-11(24)10(5-9)21-12(25)6-16(18,19)20/h3-5,7,24H,6H2,1-2H3,(H,21,25)(H,22,26). The number of hydrogen-bond donors (Lipinski definition) is 3. The van der Waals surface area contributed by atoms with E-state index in [4.69, 9.17) is 11.6 Å². The number of amides is 2. The number of alkyl halides is 3. The third-order valence-electron chi connectivity index (χ3n) is 3.58. The summed E-state index contributed by atoms with van der Waals surface area (Å²) in [6, 6.07) is 3.86. The van der Waals surface area contributed by atoms with Crippen LogP contribution in [0.5, 0.6) is 5.75 Å². The van der Waals surface area contributed by atoms with Gasteiger partial charge in [-0.3, -0.25) is 9.59 Å². The van der Waals surface area contributed by atoms with Crippen LogP contribution in [0.15, 0.2) is 18.2 Å². The molecule has 146 valence electrons. The second kappa shape index (κ2) is 8.13. The van der Waals surface area contributed by atoms with Gasteiger partial charge in [-0.05, 0) is 43.1 Å². The summed E-state index contributed by atoms with van der Waals surface area (Å²) in [6.45, 7) is 3.25. The molecule has 1 aromatic carbocycles. The summed E-state index contributed by atoms with van der Waals surface area (Å²) in [4.78, 5) is 23.8. The van der Waals surface area contributed by atoms with E-state index >= 15 is 0 Å². The summed E-state index contributed by atoms with van der Waals surface area (Å²) in [5, 5.41) is 15.1. The first-order valence-corrected chi connectivity index (χ1v) is 8.75. The van der Waals surface area contributed by atoms with Crippen molar-refractivity contribution in [2.75, 3.05) is 10.6 Å². The number of anilines is 2. The fourth-order valence-corrected chi connectivity index (χ4v) is 3.04. The minimum atomic E-state index is -4.67. The Labute approximate surface area is 161 Å². The van der Waals surface area contributed by atoms with Gasteiger partial charge in [0, 0.05) is 0 Å². The van der Waals surface area contributed by atoms with Crippen LogP contribution in [-0.2, 0) is 9.59 Å². The molecule has 0 spiro atoms. The van der Waals surface area contributed by atoms with E-state index in [-0.39, 0.29) is 5.69 Å². The molecule has 6 nitrogen and oxygen atoms in total. The number of nitrogens with one attached hydrogen (secondary N) is 2. The van der Waals surface area contributed by atoms with E-state index in [1.54, 1.807) is 13.8 Å². The van der Waals surface area contributed by atoms with Crippen LogP contribution in [0.2, 0.25) is 5.02 Å². The van der Waals surface area contributed by atoms with Crippen LogP contribution in [0.3, 0.4) is 0 Å². The molecule has 1 unspecified atom stereocenters. The number of rotatable bonds is 5. The number of aromatic nitrogens is 1. The van der Waals surface area contributed by atoms with Gasteiger partial charge in [-0.15, -0.1) is 0 Å². The lowest BCUT2D eigenvalue weighted by molar-refractivity contribution is -0.150. The third-order valence-corrected chi connectivity index (χ3v) is 5.01. The number of phenols is 1. The van der Waals surface area contributed by atoms with E-state index in [0.29, 0.717) is 21.3 Å². The van der Waals surface area contributed by atoms with Crippen LogP contribution in [0, 0.1) is 6.92 Å². The monoisotopic (exact) mass is 421 g/mol. The lowest BCUT2D eigenvalue weighted by atomic mass is 9.99. The molecule has 1 atom stereocenters. The molecule has 0 aliphatic rings. The zero-order valence-corrected chi connectivity index (χ0v) is 15.7. The predicted octanol–water partition coefficient (Wildman–Crippen LogP) is 4.44. The smallest absolute Gasteiger partial charge is 0.397 e. The molecule has 0 saturated heterocycles. The number of halogens is 4. The van der Waals surface area contributed by atoms with Gasteiger partial charge in [0.1, 0.15) is 17.2 Å². The number of aryl methyl sites for hydroxylation is 1. The van der Waals surface area contributed by atoms with Crippen LogP contribution in [-0.4, -0.2) is 27.5 Å². The molecular formula is C16H15ClF3N3O3S. The van der Waals surface area contributed by atoms with Crippen LogP contribution >= 0.6 is 23.1 Å². The average Bonchev–Trinajstić information content (AvgIpc) is 2.86. The molecule has 3 N–H and O–H groups in total. The summed E-state index contributed by atoms with van der Waals surface area (Å²) in [7, 11) is 0. The van der Waals surface area contributed by atoms with Gasteiger partial charge < -0.3 is 15.7 Å². The molecule has 2 aromatic rings. The predicted molar refractivity (Wildman–Crippen MR) is 96.3 cm³/mol. The number of carbonyl (C=O) groups excluding carboxylic acids is 2. The highest BCUT2D eigenvalue weighted by molar-refractivity contribution is 7.11. The summed E-state index contributed by atoms with van der Waals surface area (Å²) < 4.78 is 40.8. The minimum Gasteiger partial charge on any atom is -0.506 e. The van der Waals surface area contributed by atoms with E-state index in [1.807, 2.05) is 5.32 Å². The Balaban J connectivity index is 2.14. The van der Waals surface area contributed by atoms with Gasteiger partial charge in [-0.25, -0.2) is 0 Å². The van der Waals surface area contributed by atoms with Gasteiger partial charge in [0.15, 0.2) is 0 Å². The van der Waals surface area contributed by atoms with Gasteiger partial charge in [0.05, 0.1) is 22.3 Å². The summed E-state index contributed by atoms with van der Waals surface area (Å²) in [5.41, 5.74) is 0.738. The fraction of sp³-hybridized carbons (Fsp3) is 0.312. The van der Waals surface area contributed by atoms with Crippen molar-refractivity contribution in [2.24, 2.45) is 0 Å². The van der Waals surface area contributed by atoms with Gasteiger partial charge in [-0.2, -0.15) is 17.5 Å². The van der Waals surface area contributed by atoms with Crippen LogP contribution in [0.4, 0.5) is 23.9 Å². The maximum absolute atomic E-state index is 12.4. The fourth-order valence-electron chi connectivity index (χ4n) is 2.11. The molecule has 0 bridgehead atoms. The molecular weight excluding hydrogens is 407 g/mol. The largest absolute Gasteiger partial charge is 0.506 e. The van der Waals surface area contributed by atoms with Crippen molar-refractivity contribution in [2.45, 2.75) is 32.4 Å². The minimum absolute atomic E-state index is 0.215. The first-order valence-electron chi connectivity index (χ1n) is 7.60. The maximum Gasteiger partial charge on any atom is 0.397 e. The molecule has 0 aliphatic heterocycles. The van der Waals surface area contributed by atoms with Crippen molar-refractivity contribution in [3.63, 3.8) is 0 Å². The SMILES string of the molecule is Cc1nsc(NC(=O)C(C)c2ccc(O)c(NC(=O)CC(F)(F)F)c2)c1Cl. The van der Waals surface area contributed by atoms with E-state index < -0.39 is 36.1 Å². The summed E-state index contributed by atoms with van der Waals surface area (Å²) >= 11 is 7.04. The molecule has 0 saturated carbocycles. The van der Waals surface area contributed by atoms with E-state index in [2.05, 4.69) is 9.69 Å². The van der Waals surface area contributed by atoms with Crippen molar-refractivity contribution in [1.82, 2.24) is 4.37 Å². The molecule has 1 heterocycles. The zero-order chi connectivity index (χ0) is 20.4. The van der Waals surface area contributed by atoms with E-state index in [9.17, 15) is 27.9 Å². The maximum atomic E-state index is 12.4. The zero-order valence-electron chi connectivity index (χ0n) is 14.1. The van der Waals surface area contributed by atoms with Gasteiger partial charge in [-0.1, -0.05) is 17.7 Å². The number of phenolic OH excluding ortho intramolecular Hbond substituents is 1. The Morgan fingerprint density at radius 2 is 2.00 bits per heavy atom. The number of carbonyl (C=O) groups is 2. The highest BCUT2D eigenvalue weighted by Gasteiger charge is 2.31. The lowest BCUT2D eigenvalue weighted by Gasteiger charge is -2.15. The highest BCUT2D eigenvalue weighted by Crippen LogP contribution is 2.32. The molecule has 2 amide bonds. The Kier molecular flexibility index (Phi) is 6.32. The van der Waals surface area contributed by atoms with Gasteiger partial charge in [0.25, 0.3) is 0 Å². The van der Waals surface area contributed by atoms with E-state index in [1.165, 1.54) is 18.2 Å². The number of nitrogens with zero attached hydrogens (tertiary/aromatic N) is 1. The van der Waals surface area contributed by atoms with E-state index in [0.717, 1.165) is 11.5 Å². The first kappa shape index (κ1) is 21.0. The van der Waals surface area contributed by atoms with Crippen LogP contribution in [0.25, 0.3) is 0 Å². The Morgan fingerprint density at radius 3 is 2.56 bits per heavy atom. The molecule has 0 fully saturated rings. The van der Waals surface area contributed by atoms with Crippen LogP contribution in [0.1, 0.15) is 30.5 Å². The van der Waals surface area contributed by atoms with Crippen molar-refractivity contribution < 1.29 is 27.9 Å². The molecule has 27 heavy (non-hydrogen) atoms. The Bertz CT molecular complexity index is 870. The van der Waals surface area contributed by atoms with Gasteiger partial charge >= 0.3 is 6.18 Å². The second-order valence-electron chi connectivity index (χ2n) is 5.74. The summed E-state index contributed by atoms with van der Waals surface area (Å²) in [5.74, 6) is -2.90. The first-order chi connectivity index (χ1) is 12.5. The molecule has 0 aliphatic carbocycles. The number of aromatic hydroxyl groups is 1.